The van der Waals surface area contributed by atoms with Gasteiger partial charge in [0.05, 0.1) is 17.9 Å². The minimum atomic E-state index is -1.21. The van der Waals surface area contributed by atoms with Crippen molar-refractivity contribution in [3.63, 3.8) is 0 Å². The lowest BCUT2D eigenvalue weighted by molar-refractivity contribution is -0.121. The number of rotatable bonds is 5. The number of carbonyl (C=O) groups is 3. The van der Waals surface area contributed by atoms with E-state index in [0.717, 1.165) is 5.56 Å². The number of pyridine rings is 1. The Labute approximate surface area is 173 Å². The molecule has 0 aliphatic carbocycles. The predicted molar refractivity (Wildman–Crippen MR) is 112 cm³/mol. The van der Waals surface area contributed by atoms with Crippen molar-refractivity contribution in [3.05, 3.63) is 95.8 Å². The number of aromatic nitrogens is 1. The molecule has 2 aromatic carbocycles. The number of nitrogens with one attached hydrogen (secondary N) is 1. The van der Waals surface area contributed by atoms with Gasteiger partial charge in [0, 0.05) is 17.3 Å². The van der Waals surface area contributed by atoms with Crippen LogP contribution < -0.4 is 10.2 Å². The molecule has 4 rings (SSSR count). The Balaban J connectivity index is 1.82. The Bertz CT molecular complexity index is 1110. The van der Waals surface area contributed by atoms with Gasteiger partial charge in [-0.25, -0.2) is 4.99 Å². The smallest absolute Gasteiger partial charge is 0.272 e. The van der Waals surface area contributed by atoms with Crippen molar-refractivity contribution in [1.82, 2.24) is 10.3 Å². The summed E-state index contributed by atoms with van der Waals surface area (Å²) in [5, 5.41) is 2.65. The molecule has 0 fully saturated rings. The van der Waals surface area contributed by atoms with Gasteiger partial charge in [-0.1, -0.05) is 54.6 Å². The molecule has 0 saturated carbocycles. The molecule has 3 aromatic rings. The van der Waals surface area contributed by atoms with E-state index in [-0.39, 0.29) is 12.2 Å². The summed E-state index contributed by atoms with van der Waals surface area (Å²) in [5.74, 6) is -1.02. The molecule has 1 aromatic heterocycles. The molecule has 0 radical (unpaired) electrons. The lowest BCUT2D eigenvalue weighted by atomic mass is 10.0. The minimum Gasteiger partial charge on any atom is -0.321 e. The Morgan fingerprint density at radius 3 is 2.47 bits per heavy atom. The maximum Gasteiger partial charge on any atom is 0.272 e. The number of amides is 2. The molecule has 30 heavy (non-hydrogen) atoms. The first-order chi connectivity index (χ1) is 14.7. The molecule has 1 aliphatic heterocycles. The van der Waals surface area contributed by atoms with E-state index in [4.69, 9.17) is 0 Å². The number of hydrogen-bond donors (Lipinski definition) is 1. The first kappa shape index (κ1) is 19.2. The van der Waals surface area contributed by atoms with Crippen molar-refractivity contribution in [1.29, 1.82) is 0 Å². The van der Waals surface area contributed by atoms with Gasteiger partial charge in [0.25, 0.3) is 11.8 Å². The van der Waals surface area contributed by atoms with Gasteiger partial charge >= 0.3 is 0 Å². The highest BCUT2D eigenvalue weighted by atomic mass is 16.2. The fraction of sp³-hybridized carbons (Fsp3) is 0.0870. The van der Waals surface area contributed by atoms with Gasteiger partial charge in [-0.2, -0.15) is 0 Å². The van der Waals surface area contributed by atoms with Crippen molar-refractivity contribution >= 4 is 29.5 Å². The number of anilines is 1. The van der Waals surface area contributed by atoms with Crippen LogP contribution in [0.2, 0.25) is 0 Å². The minimum absolute atomic E-state index is 0.149. The molecule has 2 heterocycles. The number of benzodiazepines with no additional fused rings is 1. The summed E-state index contributed by atoms with van der Waals surface area (Å²) in [6.45, 7) is -0.149. The third-order valence-electron chi connectivity index (χ3n) is 4.68. The summed E-state index contributed by atoms with van der Waals surface area (Å²) in [5.41, 5.74) is 2.78. The van der Waals surface area contributed by atoms with Crippen LogP contribution in [0, 0.1) is 0 Å². The van der Waals surface area contributed by atoms with E-state index in [1.165, 1.54) is 11.1 Å². The van der Waals surface area contributed by atoms with E-state index in [1.54, 1.807) is 30.3 Å². The molecular weight excluding hydrogens is 380 g/mol. The molecule has 7 heteroatoms. The van der Waals surface area contributed by atoms with Crippen molar-refractivity contribution in [2.75, 3.05) is 11.4 Å². The summed E-state index contributed by atoms with van der Waals surface area (Å²) in [6.07, 6.45) is 0.943. The van der Waals surface area contributed by atoms with Gasteiger partial charge in [-0.15, -0.1) is 0 Å². The molecular formula is C23H18N4O3. The SMILES string of the molecule is O=CCN1C(=O)C(NC(=O)c2ccccn2)N=C(c2ccccc2)c2ccccc21. The molecule has 7 nitrogen and oxygen atoms in total. The van der Waals surface area contributed by atoms with Crippen LogP contribution in [0.15, 0.2) is 84.0 Å². The highest BCUT2D eigenvalue weighted by molar-refractivity contribution is 6.20. The standard InChI is InChI=1S/C23H18N4O3/c28-15-14-27-19-12-5-4-10-17(19)20(16-8-2-1-3-9-16)25-21(23(27)30)26-22(29)18-11-6-7-13-24-18/h1-13,15,21H,14H2,(H,26,29). The highest BCUT2D eigenvalue weighted by Crippen LogP contribution is 2.27. The molecule has 2 amide bonds. The third-order valence-corrected chi connectivity index (χ3v) is 4.68. The van der Waals surface area contributed by atoms with E-state index in [1.807, 2.05) is 42.5 Å². The summed E-state index contributed by atoms with van der Waals surface area (Å²) in [6, 6.07) is 21.6. The van der Waals surface area contributed by atoms with Crippen LogP contribution in [0.1, 0.15) is 21.6 Å². The maximum atomic E-state index is 13.3. The van der Waals surface area contributed by atoms with Crippen LogP contribution in [-0.2, 0) is 9.59 Å². The van der Waals surface area contributed by atoms with E-state index in [0.29, 0.717) is 23.2 Å². The van der Waals surface area contributed by atoms with Gasteiger partial charge in [-0.05, 0) is 18.2 Å². The summed E-state index contributed by atoms with van der Waals surface area (Å²) >= 11 is 0. The quantitative estimate of drug-likeness (QED) is 0.667. The van der Waals surface area contributed by atoms with Gasteiger partial charge < -0.3 is 15.0 Å². The number of para-hydroxylation sites is 1. The number of aldehydes is 1. The maximum absolute atomic E-state index is 13.3. The third kappa shape index (κ3) is 3.73. The van der Waals surface area contributed by atoms with Crippen LogP contribution in [0.4, 0.5) is 5.69 Å². The van der Waals surface area contributed by atoms with Crippen LogP contribution in [0.3, 0.4) is 0 Å². The average Bonchev–Trinajstić information content (AvgIpc) is 2.91. The second-order valence-corrected chi connectivity index (χ2v) is 6.57. The normalized spacial score (nSPS) is 15.6. The molecule has 0 saturated heterocycles. The molecule has 1 unspecified atom stereocenters. The molecule has 0 bridgehead atoms. The van der Waals surface area contributed by atoms with Crippen LogP contribution in [0.5, 0.6) is 0 Å². The first-order valence-electron chi connectivity index (χ1n) is 9.38. The number of hydrogen-bond acceptors (Lipinski definition) is 5. The van der Waals surface area contributed by atoms with Crippen LogP contribution >= 0.6 is 0 Å². The second-order valence-electron chi connectivity index (χ2n) is 6.57. The lowest BCUT2D eigenvalue weighted by Gasteiger charge is -2.23. The number of aliphatic imine (C=N–C) groups is 1. The molecule has 1 N–H and O–H groups in total. The Kier molecular flexibility index (Phi) is 5.43. The van der Waals surface area contributed by atoms with Crippen molar-refractivity contribution < 1.29 is 14.4 Å². The Morgan fingerprint density at radius 1 is 1.00 bits per heavy atom. The highest BCUT2D eigenvalue weighted by Gasteiger charge is 2.33. The zero-order valence-corrected chi connectivity index (χ0v) is 15.9. The van der Waals surface area contributed by atoms with Gasteiger partial charge in [0.1, 0.15) is 12.0 Å². The fourth-order valence-electron chi connectivity index (χ4n) is 3.31. The summed E-state index contributed by atoms with van der Waals surface area (Å²) in [7, 11) is 0. The van der Waals surface area contributed by atoms with E-state index >= 15 is 0 Å². The van der Waals surface area contributed by atoms with Crippen molar-refractivity contribution in [3.8, 4) is 0 Å². The van der Waals surface area contributed by atoms with Crippen LogP contribution in [-0.4, -0.2) is 41.5 Å². The van der Waals surface area contributed by atoms with E-state index in [9.17, 15) is 14.4 Å². The Hall–Kier alpha value is -4.13. The largest absolute Gasteiger partial charge is 0.321 e. The van der Waals surface area contributed by atoms with Crippen molar-refractivity contribution in [2.45, 2.75) is 6.17 Å². The van der Waals surface area contributed by atoms with Gasteiger partial charge in [0.15, 0.2) is 0 Å². The van der Waals surface area contributed by atoms with Gasteiger partial charge in [-0.3, -0.25) is 14.6 Å². The second kappa shape index (κ2) is 8.48. The summed E-state index contributed by atoms with van der Waals surface area (Å²) in [4.78, 5) is 47.2. The monoisotopic (exact) mass is 398 g/mol. The fourth-order valence-corrected chi connectivity index (χ4v) is 3.31. The number of fused-ring (bicyclic) bond motifs is 1. The topological polar surface area (TPSA) is 91.7 Å². The van der Waals surface area contributed by atoms with Gasteiger partial charge in [0.2, 0.25) is 6.17 Å². The summed E-state index contributed by atoms with van der Waals surface area (Å²) < 4.78 is 0. The number of benzene rings is 2. The van der Waals surface area contributed by atoms with Crippen LogP contribution in [0.25, 0.3) is 0 Å². The lowest BCUT2D eigenvalue weighted by Crippen LogP contribution is -2.48. The predicted octanol–water partition coefficient (Wildman–Crippen LogP) is 2.22. The first-order valence-corrected chi connectivity index (χ1v) is 9.38. The number of nitrogens with zero attached hydrogens (tertiary/aromatic N) is 3. The zero-order valence-electron chi connectivity index (χ0n) is 15.9. The zero-order chi connectivity index (χ0) is 20.9. The van der Waals surface area contributed by atoms with Crippen molar-refractivity contribution in [2.24, 2.45) is 4.99 Å². The average molecular weight is 398 g/mol. The van der Waals surface area contributed by atoms with E-state index in [2.05, 4.69) is 15.3 Å². The molecule has 0 spiro atoms. The molecule has 1 aliphatic rings. The number of carbonyl (C=O) groups excluding carboxylic acids is 3. The molecule has 1 atom stereocenters. The molecule has 148 valence electrons. The van der Waals surface area contributed by atoms with E-state index < -0.39 is 18.0 Å². The Morgan fingerprint density at radius 2 is 1.73 bits per heavy atom.